The minimum Gasteiger partial charge on any atom is -0.352 e. The molecule has 23 heavy (non-hydrogen) atoms. The number of amides is 2. The topological polar surface area (TPSA) is 64.7 Å². The molecule has 6 heteroatoms. The fraction of sp³-hybridized carbons (Fsp3) is 0.882. The monoisotopic (exact) mass is 324 g/mol. The molecule has 0 aromatic rings. The predicted molar refractivity (Wildman–Crippen MR) is 91.1 cm³/mol. The van der Waals surface area contributed by atoms with Crippen molar-refractivity contribution in [1.29, 1.82) is 0 Å². The van der Waals surface area contributed by atoms with Crippen LogP contribution in [0.4, 0.5) is 0 Å². The number of hydrogen-bond donors (Lipinski definition) is 2. The lowest BCUT2D eigenvalue weighted by atomic mass is 9.95. The third kappa shape index (κ3) is 5.77. The molecule has 1 aliphatic carbocycles. The van der Waals surface area contributed by atoms with E-state index < -0.39 is 0 Å². The van der Waals surface area contributed by atoms with Gasteiger partial charge in [0.1, 0.15) is 0 Å². The lowest BCUT2D eigenvalue weighted by molar-refractivity contribution is -0.136. The zero-order chi connectivity index (χ0) is 16.7. The fourth-order valence-corrected chi connectivity index (χ4v) is 3.55. The Morgan fingerprint density at radius 1 is 1.09 bits per heavy atom. The number of nitrogens with one attached hydrogen (secondary N) is 2. The Morgan fingerprint density at radius 2 is 1.74 bits per heavy atom. The lowest BCUT2D eigenvalue weighted by Crippen LogP contribution is -2.53. The van der Waals surface area contributed by atoms with Crippen molar-refractivity contribution in [3.63, 3.8) is 0 Å². The van der Waals surface area contributed by atoms with Gasteiger partial charge in [0.25, 0.3) is 0 Å². The molecule has 2 amide bonds. The Hall–Kier alpha value is -1.14. The first-order chi connectivity index (χ1) is 11.1. The van der Waals surface area contributed by atoms with E-state index in [0.717, 1.165) is 39.0 Å². The SMILES string of the molecule is CNCC(C)C(=O)N1CCN(CC(=O)NC2CCCCC2)CC1. The van der Waals surface area contributed by atoms with Crippen LogP contribution in [0.2, 0.25) is 0 Å². The summed E-state index contributed by atoms with van der Waals surface area (Å²) >= 11 is 0. The van der Waals surface area contributed by atoms with Crippen LogP contribution in [0.3, 0.4) is 0 Å². The summed E-state index contributed by atoms with van der Waals surface area (Å²) < 4.78 is 0. The minimum absolute atomic E-state index is 0.0150. The summed E-state index contributed by atoms with van der Waals surface area (Å²) in [5.41, 5.74) is 0. The molecule has 0 aromatic carbocycles. The molecule has 1 atom stereocenters. The van der Waals surface area contributed by atoms with Crippen molar-refractivity contribution in [1.82, 2.24) is 20.4 Å². The average Bonchev–Trinajstić information content (AvgIpc) is 2.56. The summed E-state index contributed by atoms with van der Waals surface area (Å²) in [5, 5.41) is 6.22. The Bertz CT molecular complexity index is 388. The van der Waals surface area contributed by atoms with Gasteiger partial charge < -0.3 is 15.5 Å². The summed E-state index contributed by atoms with van der Waals surface area (Å²) in [7, 11) is 1.87. The first-order valence-electron chi connectivity index (χ1n) is 9.05. The molecule has 0 bridgehead atoms. The molecule has 1 heterocycles. The van der Waals surface area contributed by atoms with Crippen LogP contribution < -0.4 is 10.6 Å². The lowest BCUT2D eigenvalue weighted by Gasteiger charge is -2.36. The second-order valence-electron chi connectivity index (χ2n) is 6.96. The molecule has 2 rings (SSSR count). The van der Waals surface area contributed by atoms with E-state index >= 15 is 0 Å². The second kappa shape index (κ2) is 9.23. The second-order valence-corrected chi connectivity index (χ2v) is 6.96. The molecule has 0 spiro atoms. The molecule has 6 nitrogen and oxygen atoms in total. The third-order valence-electron chi connectivity index (χ3n) is 4.95. The van der Waals surface area contributed by atoms with E-state index in [4.69, 9.17) is 0 Å². The van der Waals surface area contributed by atoms with Crippen LogP contribution in [0, 0.1) is 5.92 Å². The molecule has 1 unspecified atom stereocenters. The highest BCUT2D eigenvalue weighted by atomic mass is 16.2. The Kier molecular flexibility index (Phi) is 7.30. The van der Waals surface area contributed by atoms with Gasteiger partial charge in [0.05, 0.1) is 6.54 Å². The summed E-state index contributed by atoms with van der Waals surface area (Å²) in [5.74, 6) is 0.368. The number of carbonyl (C=O) groups excluding carboxylic acids is 2. The number of carbonyl (C=O) groups is 2. The van der Waals surface area contributed by atoms with Gasteiger partial charge >= 0.3 is 0 Å². The molecular formula is C17H32N4O2. The van der Waals surface area contributed by atoms with Crippen LogP contribution in [0.15, 0.2) is 0 Å². The van der Waals surface area contributed by atoms with Gasteiger partial charge in [-0.15, -0.1) is 0 Å². The minimum atomic E-state index is 0.0150. The molecule has 0 aromatic heterocycles. The first-order valence-corrected chi connectivity index (χ1v) is 9.05. The maximum absolute atomic E-state index is 12.3. The van der Waals surface area contributed by atoms with E-state index in [1.807, 2.05) is 18.9 Å². The van der Waals surface area contributed by atoms with Gasteiger partial charge in [-0.3, -0.25) is 14.5 Å². The molecule has 1 saturated carbocycles. The molecule has 1 aliphatic heterocycles. The Morgan fingerprint density at radius 3 is 2.35 bits per heavy atom. The number of hydrogen-bond acceptors (Lipinski definition) is 4. The van der Waals surface area contributed by atoms with Gasteiger partial charge in [-0.05, 0) is 19.9 Å². The predicted octanol–water partition coefficient (Wildman–Crippen LogP) is 0.435. The highest BCUT2D eigenvalue weighted by Gasteiger charge is 2.25. The van der Waals surface area contributed by atoms with Gasteiger partial charge in [0.15, 0.2) is 0 Å². The van der Waals surface area contributed by atoms with Crippen molar-refractivity contribution in [2.75, 3.05) is 46.3 Å². The van der Waals surface area contributed by atoms with Crippen LogP contribution in [-0.4, -0.2) is 74.0 Å². The summed E-state index contributed by atoms with van der Waals surface area (Å²) in [6.45, 7) is 6.16. The van der Waals surface area contributed by atoms with Crippen LogP contribution in [-0.2, 0) is 9.59 Å². The molecule has 2 N–H and O–H groups in total. The molecule has 1 saturated heterocycles. The highest BCUT2D eigenvalue weighted by molar-refractivity contribution is 5.79. The van der Waals surface area contributed by atoms with Gasteiger partial charge in [-0.2, -0.15) is 0 Å². The molecule has 2 aliphatic rings. The summed E-state index contributed by atoms with van der Waals surface area (Å²) in [6, 6.07) is 0.376. The third-order valence-corrected chi connectivity index (χ3v) is 4.95. The largest absolute Gasteiger partial charge is 0.352 e. The molecular weight excluding hydrogens is 292 g/mol. The van der Waals surface area contributed by atoms with Crippen LogP contribution >= 0.6 is 0 Å². The van der Waals surface area contributed by atoms with Crippen molar-refractivity contribution in [2.24, 2.45) is 5.92 Å². The van der Waals surface area contributed by atoms with E-state index in [0.29, 0.717) is 19.1 Å². The van der Waals surface area contributed by atoms with Crippen LogP contribution in [0.25, 0.3) is 0 Å². The average molecular weight is 324 g/mol. The number of piperazine rings is 1. The van der Waals surface area contributed by atoms with Crippen molar-refractivity contribution >= 4 is 11.8 Å². The van der Waals surface area contributed by atoms with E-state index in [1.54, 1.807) is 0 Å². The van der Waals surface area contributed by atoms with Gasteiger partial charge in [0.2, 0.25) is 11.8 Å². The first kappa shape index (κ1) is 18.2. The molecule has 2 fully saturated rings. The Balaban J connectivity index is 1.67. The summed E-state index contributed by atoms with van der Waals surface area (Å²) in [4.78, 5) is 28.5. The maximum atomic E-state index is 12.3. The maximum Gasteiger partial charge on any atom is 0.234 e. The van der Waals surface area contributed by atoms with E-state index in [-0.39, 0.29) is 17.7 Å². The van der Waals surface area contributed by atoms with E-state index in [2.05, 4.69) is 15.5 Å². The van der Waals surface area contributed by atoms with Crippen molar-refractivity contribution in [3.05, 3.63) is 0 Å². The summed E-state index contributed by atoms with van der Waals surface area (Å²) in [6.07, 6.45) is 6.01. The standard InChI is InChI=1S/C17H32N4O2/c1-14(12-18-2)17(23)21-10-8-20(9-11-21)13-16(22)19-15-6-4-3-5-7-15/h14-15,18H,3-13H2,1-2H3,(H,19,22). The van der Waals surface area contributed by atoms with Crippen LogP contribution in [0.5, 0.6) is 0 Å². The van der Waals surface area contributed by atoms with Crippen molar-refractivity contribution in [3.8, 4) is 0 Å². The quantitative estimate of drug-likeness (QED) is 0.744. The number of rotatable bonds is 6. The van der Waals surface area contributed by atoms with Crippen LogP contribution in [0.1, 0.15) is 39.0 Å². The number of nitrogens with zero attached hydrogens (tertiary/aromatic N) is 2. The van der Waals surface area contributed by atoms with Crippen molar-refractivity contribution < 1.29 is 9.59 Å². The van der Waals surface area contributed by atoms with Gasteiger partial charge in [-0.1, -0.05) is 26.2 Å². The normalized spacial score (nSPS) is 21.9. The van der Waals surface area contributed by atoms with E-state index in [9.17, 15) is 9.59 Å². The Labute approximate surface area is 140 Å². The van der Waals surface area contributed by atoms with E-state index in [1.165, 1.54) is 19.3 Å². The van der Waals surface area contributed by atoms with Crippen molar-refractivity contribution in [2.45, 2.75) is 45.1 Å². The zero-order valence-corrected chi connectivity index (χ0v) is 14.6. The molecule has 132 valence electrons. The van der Waals surface area contributed by atoms with Gasteiger partial charge in [-0.25, -0.2) is 0 Å². The molecule has 0 radical (unpaired) electrons. The van der Waals surface area contributed by atoms with Gasteiger partial charge in [0, 0.05) is 44.7 Å². The highest BCUT2D eigenvalue weighted by Crippen LogP contribution is 2.17. The smallest absolute Gasteiger partial charge is 0.234 e. The zero-order valence-electron chi connectivity index (χ0n) is 14.6. The fourth-order valence-electron chi connectivity index (χ4n) is 3.55.